The van der Waals surface area contributed by atoms with Gasteiger partial charge >= 0.3 is 6.18 Å². The van der Waals surface area contributed by atoms with Crippen LogP contribution in [0, 0.1) is 5.92 Å². The van der Waals surface area contributed by atoms with Crippen LogP contribution in [0.2, 0.25) is 5.02 Å². The van der Waals surface area contributed by atoms with Gasteiger partial charge in [-0.1, -0.05) is 24.4 Å². The van der Waals surface area contributed by atoms with Crippen LogP contribution in [0.3, 0.4) is 0 Å². The van der Waals surface area contributed by atoms with Crippen molar-refractivity contribution in [1.82, 2.24) is 0 Å². The molecule has 3 nitrogen and oxygen atoms in total. The molecule has 1 unspecified atom stereocenters. The Morgan fingerprint density at radius 1 is 1.29 bits per heavy atom. The van der Waals surface area contributed by atoms with Gasteiger partial charge in [0.05, 0.1) is 22.3 Å². The van der Waals surface area contributed by atoms with Gasteiger partial charge in [0.25, 0.3) is 0 Å². The van der Waals surface area contributed by atoms with E-state index in [4.69, 9.17) is 23.1 Å². The molecule has 1 atom stereocenters. The lowest BCUT2D eigenvalue weighted by molar-refractivity contribution is -0.136. The van der Waals surface area contributed by atoms with E-state index in [2.05, 4.69) is 0 Å². The van der Waals surface area contributed by atoms with Crippen molar-refractivity contribution < 1.29 is 18.0 Å². The minimum absolute atomic E-state index is 0.0168. The van der Waals surface area contributed by atoms with Crippen molar-refractivity contribution >= 4 is 23.1 Å². The smallest absolute Gasteiger partial charge is 0.397 e. The van der Waals surface area contributed by atoms with E-state index >= 15 is 0 Å². The van der Waals surface area contributed by atoms with Gasteiger partial charge in [0, 0.05) is 5.56 Å². The molecule has 1 aromatic rings. The van der Waals surface area contributed by atoms with Crippen molar-refractivity contribution in [3.63, 3.8) is 0 Å². The Bertz CT molecular complexity index is 554. The topological polar surface area (TPSA) is 69.1 Å². The Morgan fingerprint density at radius 3 is 2.38 bits per heavy atom. The van der Waals surface area contributed by atoms with Gasteiger partial charge in [-0.2, -0.15) is 13.2 Å². The van der Waals surface area contributed by atoms with E-state index in [-0.39, 0.29) is 16.5 Å². The molecule has 0 heterocycles. The Balaban J connectivity index is 2.35. The van der Waals surface area contributed by atoms with Gasteiger partial charge in [-0.3, -0.25) is 4.79 Å². The standard InChI is InChI=1S/C14H16ClF3N2O/c15-10-6-8(5-9(12(10)20)14(16,17)18)13(21)11(19)7-3-1-2-4-7/h5-7,11H,1-4,19-20H2. The van der Waals surface area contributed by atoms with E-state index < -0.39 is 29.3 Å². The molecule has 0 radical (unpaired) electrons. The summed E-state index contributed by atoms with van der Waals surface area (Å²) in [5.41, 5.74) is 9.43. The van der Waals surface area contributed by atoms with Gasteiger partial charge < -0.3 is 11.5 Å². The third-order valence-electron chi connectivity index (χ3n) is 3.93. The molecule has 2 rings (SSSR count). The lowest BCUT2D eigenvalue weighted by Gasteiger charge is -2.19. The molecule has 4 N–H and O–H groups in total. The number of nitrogen functional groups attached to an aromatic ring is 1. The van der Waals surface area contributed by atoms with Crippen molar-refractivity contribution in [2.75, 3.05) is 5.73 Å². The third kappa shape index (κ3) is 3.32. The fourth-order valence-corrected chi connectivity index (χ4v) is 2.94. The number of hydrogen-bond donors (Lipinski definition) is 2. The number of rotatable bonds is 3. The lowest BCUT2D eigenvalue weighted by atomic mass is 9.91. The molecular formula is C14H16ClF3N2O. The highest BCUT2D eigenvalue weighted by Crippen LogP contribution is 2.38. The maximum Gasteiger partial charge on any atom is 0.418 e. The monoisotopic (exact) mass is 320 g/mol. The summed E-state index contributed by atoms with van der Waals surface area (Å²) in [7, 11) is 0. The number of hydrogen-bond acceptors (Lipinski definition) is 3. The lowest BCUT2D eigenvalue weighted by Crippen LogP contribution is -2.37. The Labute approximate surface area is 125 Å². The van der Waals surface area contributed by atoms with Gasteiger partial charge in [0.1, 0.15) is 0 Å². The first-order chi connectivity index (χ1) is 9.71. The summed E-state index contributed by atoms with van der Waals surface area (Å²) in [5, 5.41) is -0.285. The molecule has 0 spiro atoms. The number of benzene rings is 1. The van der Waals surface area contributed by atoms with E-state index in [1.807, 2.05) is 0 Å². The molecule has 1 aliphatic rings. The van der Waals surface area contributed by atoms with Crippen molar-refractivity contribution in [3.8, 4) is 0 Å². The highest BCUT2D eigenvalue weighted by Gasteiger charge is 2.36. The number of nitrogens with two attached hydrogens (primary N) is 2. The fraction of sp³-hybridized carbons (Fsp3) is 0.500. The van der Waals surface area contributed by atoms with E-state index in [1.165, 1.54) is 0 Å². The second kappa shape index (κ2) is 5.85. The van der Waals surface area contributed by atoms with Gasteiger partial charge in [0.15, 0.2) is 5.78 Å². The summed E-state index contributed by atoms with van der Waals surface area (Å²) >= 11 is 5.72. The molecule has 0 bridgehead atoms. The Hall–Kier alpha value is -1.27. The van der Waals surface area contributed by atoms with Crippen LogP contribution in [0.25, 0.3) is 0 Å². The van der Waals surface area contributed by atoms with Gasteiger partial charge in [-0.15, -0.1) is 0 Å². The number of carbonyl (C=O) groups excluding carboxylic acids is 1. The normalized spacial score (nSPS) is 18.0. The molecule has 1 saturated carbocycles. The quantitative estimate of drug-likeness (QED) is 0.660. The van der Waals surface area contributed by atoms with Crippen LogP contribution in [0.15, 0.2) is 12.1 Å². The van der Waals surface area contributed by atoms with Crippen molar-refractivity contribution in [2.45, 2.75) is 37.9 Å². The van der Waals surface area contributed by atoms with Crippen LogP contribution in [0.1, 0.15) is 41.6 Å². The average Bonchev–Trinajstić information content (AvgIpc) is 2.92. The zero-order valence-corrected chi connectivity index (χ0v) is 12.0. The summed E-state index contributed by atoms with van der Waals surface area (Å²) in [5.74, 6) is -0.502. The maximum absolute atomic E-state index is 12.9. The zero-order chi connectivity index (χ0) is 15.8. The first-order valence-electron chi connectivity index (χ1n) is 6.68. The highest BCUT2D eigenvalue weighted by atomic mass is 35.5. The molecular weight excluding hydrogens is 305 g/mol. The molecule has 0 saturated heterocycles. The highest BCUT2D eigenvalue weighted by molar-refractivity contribution is 6.33. The average molecular weight is 321 g/mol. The molecule has 0 aliphatic heterocycles. The SMILES string of the molecule is Nc1c(Cl)cc(C(=O)C(N)C2CCCC2)cc1C(F)(F)F. The molecule has 21 heavy (non-hydrogen) atoms. The minimum atomic E-state index is -4.67. The molecule has 0 aromatic heterocycles. The largest absolute Gasteiger partial charge is 0.418 e. The first-order valence-corrected chi connectivity index (χ1v) is 7.05. The van der Waals surface area contributed by atoms with Crippen molar-refractivity contribution in [2.24, 2.45) is 11.7 Å². The van der Waals surface area contributed by atoms with E-state index in [9.17, 15) is 18.0 Å². The van der Waals surface area contributed by atoms with Crippen molar-refractivity contribution in [3.05, 3.63) is 28.3 Å². The predicted molar refractivity (Wildman–Crippen MR) is 75.1 cm³/mol. The van der Waals surface area contributed by atoms with E-state index in [1.54, 1.807) is 0 Å². The van der Waals surface area contributed by atoms with Gasteiger partial charge in [-0.05, 0) is 30.9 Å². The number of alkyl halides is 3. The number of carbonyl (C=O) groups is 1. The summed E-state index contributed by atoms with van der Waals surface area (Å²) < 4.78 is 38.7. The van der Waals surface area contributed by atoms with Crippen LogP contribution < -0.4 is 11.5 Å². The molecule has 7 heteroatoms. The van der Waals surface area contributed by atoms with Crippen LogP contribution in [0.4, 0.5) is 18.9 Å². The first kappa shape index (κ1) is 16.1. The van der Waals surface area contributed by atoms with Crippen molar-refractivity contribution in [1.29, 1.82) is 0 Å². The molecule has 1 aromatic carbocycles. The second-order valence-electron chi connectivity index (χ2n) is 5.35. The number of Topliss-reactive ketones (excluding diaryl/α,β-unsaturated/α-hetero) is 1. The van der Waals surface area contributed by atoms with Crippen LogP contribution in [-0.2, 0) is 6.18 Å². The minimum Gasteiger partial charge on any atom is -0.397 e. The molecule has 1 aliphatic carbocycles. The molecule has 1 fully saturated rings. The van der Waals surface area contributed by atoms with E-state index in [0.717, 1.165) is 37.8 Å². The number of anilines is 1. The Morgan fingerprint density at radius 2 is 1.86 bits per heavy atom. The third-order valence-corrected chi connectivity index (χ3v) is 4.24. The Kier molecular flexibility index (Phi) is 4.49. The maximum atomic E-state index is 12.9. The van der Waals surface area contributed by atoms with Crippen LogP contribution in [0.5, 0.6) is 0 Å². The summed E-state index contributed by atoms with van der Waals surface area (Å²) in [6, 6.07) is 1.09. The zero-order valence-electron chi connectivity index (χ0n) is 11.2. The van der Waals surface area contributed by atoms with Gasteiger partial charge in [0.2, 0.25) is 0 Å². The molecule has 116 valence electrons. The number of halogens is 4. The summed E-state index contributed by atoms with van der Waals surface area (Å²) in [6.07, 6.45) is -1.05. The molecule has 0 amide bonds. The van der Waals surface area contributed by atoms with E-state index in [0.29, 0.717) is 0 Å². The fourth-order valence-electron chi connectivity index (χ4n) is 2.72. The predicted octanol–water partition coefficient (Wildman–Crippen LogP) is 3.64. The second-order valence-corrected chi connectivity index (χ2v) is 5.76. The summed E-state index contributed by atoms with van der Waals surface area (Å²) in [6.45, 7) is 0. The summed E-state index contributed by atoms with van der Waals surface area (Å²) in [4.78, 5) is 12.3. The number of ketones is 1. The van der Waals surface area contributed by atoms with Crippen LogP contribution >= 0.6 is 11.6 Å². The van der Waals surface area contributed by atoms with Gasteiger partial charge in [-0.25, -0.2) is 0 Å². The van der Waals surface area contributed by atoms with Crippen LogP contribution in [-0.4, -0.2) is 11.8 Å².